The van der Waals surface area contributed by atoms with Crippen molar-refractivity contribution in [3.05, 3.63) is 41.1 Å². The van der Waals surface area contributed by atoms with Crippen molar-refractivity contribution in [3.63, 3.8) is 0 Å². The molecule has 162 valence electrons. The van der Waals surface area contributed by atoms with Gasteiger partial charge in [-0.1, -0.05) is 6.92 Å². The lowest BCUT2D eigenvalue weighted by molar-refractivity contribution is -0.0501. The van der Waals surface area contributed by atoms with E-state index in [1.165, 1.54) is 25.4 Å². The molecular weight excluding hydrogens is 452 g/mol. The van der Waals surface area contributed by atoms with Gasteiger partial charge in [-0.15, -0.1) is 21.5 Å². The Morgan fingerprint density at radius 3 is 2.57 bits per heavy atom. The van der Waals surface area contributed by atoms with Gasteiger partial charge in [0.1, 0.15) is 10.6 Å². The summed E-state index contributed by atoms with van der Waals surface area (Å²) in [4.78, 5) is 8.16. The second-order valence-electron chi connectivity index (χ2n) is 5.84. The van der Waals surface area contributed by atoms with Crippen molar-refractivity contribution < 1.29 is 35.1 Å². The lowest BCUT2D eigenvalue weighted by Crippen LogP contribution is -2.18. The highest BCUT2D eigenvalue weighted by Gasteiger charge is 2.29. The summed E-state index contributed by atoms with van der Waals surface area (Å²) in [7, 11) is -3.69. The van der Waals surface area contributed by atoms with Crippen LogP contribution in [0.3, 0.4) is 0 Å². The van der Waals surface area contributed by atoms with Crippen molar-refractivity contribution in [2.24, 2.45) is 0 Å². The van der Waals surface area contributed by atoms with Gasteiger partial charge < -0.3 is 9.15 Å². The van der Waals surface area contributed by atoms with Gasteiger partial charge in [-0.25, -0.2) is 13.4 Å². The second kappa shape index (κ2) is 9.04. The Hall–Kier alpha value is -2.61. The Morgan fingerprint density at radius 2 is 1.93 bits per heavy atom. The van der Waals surface area contributed by atoms with E-state index in [2.05, 4.69) is 24.9 Å². The molecule has 0 spiro atoms. The minimum atomic E-state index is -3.69. The fourth-order valence-electron chi connectivity index (χ4n) is 2.52. The lowest BCUT2D eigenvalue weighted by Gasteiger charge is -2.16. The first-order chi connectivity index (χ1) is 14.2. The van der Waals surface area contributed by atoms with Crippen LogP contribution >= 0.6 is 11.3 Å². The second-order valence-corrected chi connectivity index (χ2v) is 9.43. The number of hydrogen-bond donors (Lipinski definition) is 0. The first kappa shape index (κ1) is 22.1. The summed E-state index contributed by atoms with van der Waals surface area (Å²) in [6, 6.07) is 1.18. The van der Waals surface area contributed by atoms with E-state index in [4.69, 9.17) is 4.42 Å². The van der Waals surface area contributed by atoms with Crippen LogP contribution in [-0.2, 0) is 16.3 Å². The normalized spacial score (nSPS) is 13.2. The van der Waals surface area contributed by atoms with E-state index in [-0.39, 0.29) is 34.3 Å². The molecule has 30 heavy (non-hydrogen) atoms. The molecule has 0 saturated carbocycles. The molecule has 0 aliphatic heterocycles. The fraction of sp³-hybridized carbons (Fsp3) is 0.375. The highest BCUT2D eigenvalue weighted by molar-refractivity contribution is 7.91. The summed E-state index contributed by atoms with van der Waals surface area (Å²) in [5.41, 5.74) is 0.157. The summed E-state index contributed by atoms with van der Waals surface area (Å²) in [6.45, 7) is -1.63. The lowest BCUT2D eigenvalue weighted by atomic mass is 10.1. The highest BCUT2D eigenvalue weighted by atomic mass is 32.2. The van der Waals surface area contributed by atoms with Crippen molar-refractivity contribution in [2.45, 2.75) is 31.6 Å². The van der Waals surface area contributed by atoms with Crippen molar-refractivity contribution >= 4 is 21.2 Å². The molecular formula is C16H14F4N4O4S2. The van der Waals surface area contributed by atoms with Crippen molar-refractivity contribution in [1.82, 2.24) is 20.2 Å². The minimum absolute atomic E-state index is 0.101. The largest absolute Gasteiger partial charge is 0.433 e. The molecule has 0 aromatic carbocycles. The number of alkyl halides is 4. The minimum Gasteiger partial charge on any atom is -0.433 e. The number of rotatable bonds is 9. The first-order valence-electron chi connectivity index (χ1n) is 8.37. The van der Waals surface area contributed by atoms with Crippen LogP contribution in [0.2, 0.25) is 0 Å². The van der Waals surface area contributed by atoms with Crippen LogP contribution in [0.15, 0.2) is 29.1 Å². The number of sulfone groups is 1. The fourth-order valence-corrected chi connectivity index (χ4v) is 4.86. The van der Waals surface area contributed by atoms with Crippen LogP contribution in [0.1, 0.15) is 35.1 Å². The number of thiazole rings is 1. The quantitative estimate of drug-likeness (QED) is 0.438. The van der Waals surface area contributed by atoms with Gasteiger partial charge in [0.05, 0.1) is 22.7 Å². The van der Waals surface area contributed by atoms with Crippen LogP contribution in [0.5, 0.6) is 5.75 Å². The Labute approximate surface area is 171 Å². The third-order valence-corrected chi connectivity index (χ3v) is 7.04. The molecule has 0 fully saturated rings. The van der Waals surface area contributed by atoms with Crippen LogP contribution in [0, 0.1) is 0 Å². The average molecular weight is 466 g/mol. The van der Waals surface area contributed by atoms with E-state index < -0.39 is 34.0 Å². The van der Waals surface area contributed by atoms with E-state index in [9.17, 15) is 26.0 Å². The smallest absolute Gasteiger partial charge is 0.387 e. The van der Waals surface area contributed by atoms with Gasteiger partial charge in [0.2, 0.25) is 0 Å². The third-order valence-electron chi connectivity index (χ3n) is 3.92. The van der Waals surface area contributed by atoms with Gasteiger partial charge in [0.25, 0.3) is 11.8 Å². The summed E-state index contributed by atoms with van der Waals surface area (Å²) in [5.74, 6) is -1.49. The molecule has 8 nitrogen and oxygen atoms in total. The topological polar surface area (TPSA) is 108 Å². The van der Waals surface area contributed by atoms with Gasteiger partial charge in [0, 0.05) is 18.4 Å². The molecule has 0 N–H and O–H groups in total. The molecule has 0 aliphatic rings. The van der Waals surface area contributed by atoms with Crippen LogP contribution in [0.25, 0.3) is 10.8 Å². The molecule has 0 saturated heterocycles. The van der Waals surface area contributed by atoms with Crippen molar-refractivity contribution in [3.8, 4) is 16.5 Å². The number of nitrogens with zero attached hydrogens (tertiary/aromatic N) is 4. The van der Waals surface area contributed by atoms with Gasteiger partial charge in [-0.05, 0) is 11.6 Å². The maximum Gasteiger partial charge on any atom is 0.387 e. The van der Waals surface area contributed by atoms with E-state index in [0.717, 1.165) is 17.5 Å². The van der Waals surface area contributed by atoms with Gasteiger partial charge in [0.15, 0.2) is 9.84 Å². The molecule has 0 aliphatic carbocycles. The van der Waals surface area contributed by atoms with Crippen LogP contribution in [0.4, 0.5) is 17.6 Å². The summed E-state index contributed by atoms with van der Waals surface area (Å²) in [5, 5.41) is 5.96. The standard InChI is InChI=1S/C16H14F4N4O4S2/c1-2-30(25,26)11(8-3-9(6-21-5-8)27-16(19)20)4-12-22-7-10(29-12)14-23-24-15(28-14)13(17)18/h3,5-7,11,13,16H,2,4H2,1H3. The van der Waals surface area contributed by atoms with Crippen LogP contribution < -0.4 is 4.74 Å². The molecule has 3 rings (SSSR count). The average Bonchev–Trinajstić information content (AvgIpc) is 3.35. The SMILES string of the molecule is CCS(=O)(=O)C(Cc1ncc(-c2nnc(C(F)F)o2)s1)c1cncc(OC(F)F)c1. The van der Waals surface area contributed by atoms with E-state index in [0.29, 0.717) is 5.01 Å². The number of halogens is 4. The van der Waals surface area contributed by atoms with Gasteiger partial charge in [-0.2, -0.15) is 17.6 Å². The number of hydrogen-bond acceptors (Lipinski definition) is 9. The first-order valence-corrected chi connectivity index (χ1v) is 10.9. The van der Waals surface area contributed by atoms with E-state index in [1.807, 2.05) is 0 Å². The number of pyridine rings is 1. The zero-order valence-electron chi connectivity index (χ0n) is 15.2. The maximum absolute atomic E-state index is 12.6. The Bertz CT molecular complexity index is 1100. The predicted molar refractivity (Wildman–Crippen MR) is 97.1 cm³/mol. The molecule has 1 unspecified atom stereocenters. The highest BCUT2D eigenvalue weighted by Crippen LogP contribution is 2.33. The molecule has 3 heterocycles. The summed E-state index contributed by atoms with van der Waals surface area (Å²) >= 11 is 0.987. The zero-order chi connectivity index (χ0) is 21.9. The summed E-state index contributed by atoms with van der Waals surface area (Å²) < 4.78 is 84.6. The van der Waals surface area contributed by atoms with E-state index >= 15 is 0 Å². The van der Waals surface area contributed by atoms with Crippen molar-refractivity contribution in [2.75, 3.05) is 5.75 Å². The monoisotopic (exact) mass is 466 g/mol. The van der Waals surface area contributed by atoms with Gasteiger partial charge >= 0.3 is 13.0 Å². The third kappa shape index (κ3) is 5.11. The maximum atomic E-state index is 12.6. The Morgan fingerprint density at radius 1 is 1.17 bits per heavy atom. The molecule has 14 heteroatoms. The summed E-state index contributed by atoms with van der Waals surface area (Å²) in [6.07, 6.45) is 0.567. The van der Waals surface area contributed by atoms with Gasteiger partial charge in [-0.3, -0.25) is 4.98 Å². The number of ether oxygens (including phenoxy) is 1. The Kier molecular flexibility index (Phi) is 6.65. The number of aromatic nitrogens is 4. The predicted octanol–water partition coefficient (Wildman–Crippen LogP) is 3.85. The molecule has 3 aromatic rings. The van der Waals surface area contributed by atoms with E-state index in [1.54, 1.807) is 0 Å². The molecule has 0 bridgehead atoms. The zero-order valence-corrected chi connectivity index (χ0v) is 16.8. The van der Waals surface area contributed by atoms with Crippen molar-refractivity contribution in [1.29, 1.82) is 0 Å². The van der Waals surface area contributed by atoms with Crippen LogP contribution in [-0.4, -0.2) is 40.9 Å². The Balaban J connectivity index is 1.89. The molecule has 1 atom stereocenters. The molecule has 3 aromatic heterocycles. The molecule has 0 amide bonds. The molecule has 0 radical (unpaired) electrons.